The molecule has 3 rings (SSSR count). The SMILES string of the molecule is CCCCCCc1nc(Nc2nc(C)cc(-n3nc(C)cc3C)n2)n[nH]1. The van der Waals surface area contributed by atoms with Gasteiger partial charge in [0.15, 0.2) is 5.82 Å². The van der Waals surface area contributed by atoms with Gasteiger partial charge in [-0.3, -0.25) is 10.4 Å². The van der Waals surface area contributed by atoms with Gasteiger partial charge in [0, 0.05) is 23.9 Å². The number of H-pyrrole nitrogens is 1. The van der Waals surface area contributed by atoms with Crippen molar-refractivity contribution in [3.63, 3.8) is 0 Å². The van der Waals surface area contributed by atoms with Crippen molar-refractivity contribution in [2.75, 3.05) is 5.32 Å². The van der Waals surface area contributed by atoms with Gasteiger partial charge in [-0.15, -0.1) is 5.10 Å². The van der Waals surface area contributed by atoms with Crippen LogP contribution in [0.5, 0.6) is 0 Å². The zero-order chi connectivity index (χ0) is 18.5. The molecule has 138 valence electrons. The van der Waals surface area contributed by atoms with E-state index in [4.69, 9.17) is 0 Å². The fraction of sp³-hybridized carbons (Fsp3) is 0.500. The van der Waals surface area contributed by atoms with Crippen molar-refractivity contribution in [2.24, 2.45) is 0 Å². The monoisotopic (exact) mass is 354 g/mol. The van der Waals surface area contributed by atoms with Crippen LogP contribution in [0.1, 0.15) is 55.5 Å². The molecular weight excluding hydrogens is 328 g/mol. The second-order valence-electron chi connectivity index (χ2n) is 6.57. The highest BCUT2D eigenvalue weighted by atomic mass is 15.4. The molecule has 0 fully saturated rings. The van der Waals surface area contributed by atoms with Crippen molar-refractivity contribution in [3.05, 3.63) is 35.0 Å². The molecule has 0 saturated heterocycles. The minimum Gasteiger partial charge on any atom is -0.291 e. The van der Waals surface area contributed by atoms with Crippen molar-refractivity contribution in [2.45, 2.75) is 59.8 Å². The van der Waals surface area contributed by atoms with Gasteiger partial charge < -0.3 is 0 Å². The number of aromatic amines is 1. The molecule has 8 nitrogen and oxygen atoms in total. The lowest BCUT2D eigenvalue weighted by atomic mass is 10.1. The Labute approximate surface area is 153 Å². The molecule has 3 heterocycles. The van der Waals surface area contributed by atoms with Crippen LogP contribution in [0.3, 0.4) is 0 Å². The van der Waals surface area contributed by atoms with Gasteiger partial charge in [0.25, 0.3) is 0 Å². The summed E-state index contributed by atoms with van der Waals surface area (Å²) in [6.07, 6.45) is 5.72. The average molecular weight is 354 g/mol. The van der Waals surface area contributed by atoms with Gasteiger partial charge in [0.05, 0.1) is 5.69 Å². The van der Waals surface area contributed by atoms with Crippen LogP contribution in [0.4, 0.5) is 11.9 Å². The predicted octanol–water partition coefficient (Wildman–Crippen LogP) is 3.57. The van der Waals surface area contributed by atoms with Gasteiger partial charge in [-0.05, 0) is 33.3 Å². The molecule has 26 heavy (non-hydrogen) atoms. The summed E-state index contributed by atoms with van der Waals surface area (Å²) >= 11 is 0. The summed E-state index contributed by atoms with van der Waals surface area (Å²) < 4.78 is 1.81. The van der Waals surface area contributed by atoms with Crippen LogP contribution in [0.15, 0.2) is 12.1 Å². The lowest BCUT2D eigenvalue weighted by molar-refractivity contribution is 0.653. The summed E-state index contributed by atoms with van der Waals surface area (Å²) in [5.74, 6) is 2.56. The highest BCUT2D eigenvalue weighted by Gasteiger charge is 2.10. The van der Waals surface area contributed by atoms with Gasteiger partial charge in [-0.2, -0.15) is 15.1 Å². The minimum atomic E-state index is 0.462. The van der Waals surface area contributed by atoms with Gasteiger partial charge in [-0.1, -0.05) is 26.2 Å². The van der Waals surface area contributed by atoms with E-state index in [0.717, 1.165) is 41.6 Å². The number of nitrogens with zero attached hydrogens (tertiary/aromatic N) is 6. The average Bonchev–Trinajstić information content (AvgIpc) is 3.17. The first-order chi connectivity index (χ1) is 12.5. The summed E-state index contributed by atoms with van der Waals surface area (Å²) in [5.41, 5.74) is 2.83. The molecule has 0 aliphatic heterocycles. The molecule has 3 aromatic rings. The summed E-state index contributed by atoms with van der Waals surface area (Å²) in [6.45, 7) is 8.11. The van der Waals surface area contributed by atoms with E-state index in [1.165, 1.54) is 19.3 Å². The largest absolute Gasteiger partial charge is 0.291 e. The highest BCUT2D eigenvalue weighted by molar-refractivity contribution is 5.45. The molecule has 0 aliphatic carbocycles. The molecule has 3 aromatic heterocycles. The van der Waals surface area contributed by atoms with Crippen molar-refractivity contribution < 1.29 is 0 Å². The molecule has 0 aliphatic rings. The maximum Gasteiger partial charge on any atom is 0.248 e. The summed E-state index contributed by atoms with van der Waals surface area (Å²) in [4.78, 5) is 13.5. The Kier molecular flexibility index (Phi) is 5.60. The number of nitrogens with one attached hydrogen (secondary N) is 2. The lowest BCUT2D eigenvalue weighted by Crippen LogP contribution is -2.07. The third-order valence-corrected chi connectivity index (χ3v) is 4.09. The molecule has 0 amide bonds. The Morgan fingerprint density at radius 1 is 0.962 bits per heavy atom. The second kappa shape index (κ2) is 8.07. The van der Waals surface area contributed by atoms with E-state index in [2.05, 4.69) is 42.5 Å². The summed E-state index contributed by atoms with van der Waals surface area (Å²) in [6, 6.07) is 3.92. The number of anilines is 2. The van der Waals surface area contributed by atoms with Crippen LogP contribution < -0.4 is 5.32 Å². The Balaban J connectivity index is 1.72. The molecular formula is C18H26N8. The zero-order valence-electron chi connectivity index (χ0n) is 15.9. The summed E-state index contributed by atoms with van der Waals surface area (Å²) in [7, 11) is 0. The number of aryl methyl sites for hydroxylation is 4. The standard InChI is InChI=1S/C18H26N8/c1-5-6-7-8-9-15-20-18(24-23-15)22-17-19-12(2)11-16(21-17)26-14(4)10-13(3)25-26/h10-11H,5-9H2,1-4H3,(H2,19,20,21,22,23,24). The van der Waals surface area contributed by atoms with E-state index in [-0.39, 0.29) is 0 Å². The Morgan fingerprint density at radius 3 is 2.54 bits per heavy atom. The highest BCUT2D eigenvalue weighted by Crippen LogP contribution is 2.15. The van der Waals surface area contributed by atoms with Crippen LogP contribution in [0.2, 0.25) is 0 Å². The normalized spacial score (nSPS) is 11.1. The maximum absolute atomic E-state index is 4.55. The lowest BCUT2D eigenvalue weighted by Gasteiger charge is -2.07. The summed E-state index contributed by atoms with van der Waals surface area (Å²) in [5, 5.41) is 14.8. The van der Waals surface area contributed by atoms with E-state index >= 15 is 0 Å². The molecule has 0 spiro atoms. The van der Waals surface area contributed by atoms with Crippen LogP contribution in [-0.2, 0) is 6.42 Å². The quantitative estimate of drug-likeness (QED) is 0.600. The first-order valence-electron chi connectivity index (χ1n) is 9.13. The van der Waals surface area contributed by atoms with Crippen LogP contribution in [0.25, 0.3) is 5.82 Å². The van der Waals surface area contributed by atoms with E-state index in [1.54, 1.807) is 0 Å². The van der Waals surface area contributed by atoms with Crippen LogP contribution in [-0.4, -0.2) is 34.9 Å². The Bertz CT molecular complexity index is 864. The van der Waals surface area contributed by atoms with Gasteiger partial charge >= 0.3 is 0 Å². The molecule has 0 bridgehead atoms. The topological polar surface area (TPSA) is 97.2 Å². The van der Waals surface area contributed by atoms with Crippen LogP contribution >= 0.6 is 0 Å². The minimum absolute atomic E-state index is 0.462. The molecule has 2 N–H and O–H groups in total. The smallest absolute Gasteiger partial charge is 0.248 e. The van der Waals surface area contributed by atoms with Crippen LogP contribution in [0, 0.1) is 20.8 Å². The Hall–Kier alpha value is -2.77. The van der Waals surface area contributed by atoms with E-state index < -0.39 is 0 Å². The molecule has 0 aromatic carbocycles. The number of hydrogen-bond acceptors (Lipinski definition) is 6. The first-order valence-corrected chi connectivity index (χ1v) is 9.13. The number of hydrogen-bond donors (Lipinski definition) is 2. The van der Waals surface area contributed by atoms with Crippen molar-refractivity contribution in [1.29, 1.82) is 0 Å². The number of rotatable bonds is 8. The second-order valence-corrected chi connectivity index (χ2v) is 6.57. The Morgan fingerprint density at radius 2 is 1.81 bits per heavy atom. The van der Waals surface area contributed by atoms with Gasteiger partial charge in [0.2, 0.25) is 11.9 Å². The molecule has 0 saturated carbocycles. The zero-order valence-corrected chi connectivity index (χ0v) is 15.9. The molecule has 0 atom stereocenters. The van der Waals surface area contributed by atoms with E-state index in [9.17, 15) is 0 Å². The van der Waals surface area contributed by atoms with E-state index in [1.807, 2.05) is 37.6 Å². The van der Waals surface area contributed by atoms with Crippen molar-refractivity contribution in [3.8, 4) is 5.82 Å². The third-order valence-electron chi connectivity index (χ3n) is 4.09. The predicted molar refractivity (Wildman–Crippen MR) is 101 cm³/mol. The first kappa shape index (κ1) is 18.0. The number of aromatic nitrogens is 7. The van der Waals surface area contributed by atoms with Gasteiger partial charge in [0.1, 0.15) is 5.82 Å². The van der Waals surface area contributed by atoms with Crippen molar-refractivity contribution in [1.82, 2.24) is 34.9 Å². The maximum atomic E-state index is 4.55. The molecule has 0 unspecified atom stereocenters. The molecule has 8 heteroatoms. The fourth-order valence-electron chi connectivity index (χ4n) is 2.86. The third kappa shape index (κ3) is 4.44. The van der Waals surface area contributed by atoms with Gasteiger partial charge in [-0.25, -0.2) is 9.67 Å². The number of unbranched alkanes of at least 4 members (excludes halogenated alkanes) is 3. The van der Waals surface area contributed by atoms with E-state index in [0.29, 0.717) is 11.9 Å². The fourth-order valence-corrected chi connectivity index (χ4v) is 2.86. The van der Waals surface area contributed by atoms with Crippen molar-refractivity contribution >= 4 is 11.9 Å². The molecule has 0 radical (unpaired) electrons.